The maximum absolute atomic E-state index is 12.8. The van der Waals surface area contributed by atoms with Crippen molar-refractivity contribution in [3.05, 3.63) is 0 Å². The van der Waals surface area contributed by atoms with E-state index in [0.717, 1.165) is 0 Å². The molecule has 0 aliphatic carbocycles. The summed E-state index contributed by atoms with van der Waals surface area (Å²) in [6, 6.07) is -4.91. The Kier molecular flexibility index (Phi) is 13.7. The number of carboxylic acids is 2. The average Bonchev–Trinajstić information content (AvgIpc) is 2.71. The van der Waals surface area contributed by atoms with E-state index in [2.05, 4.69) is 28.6 Å². The average molecular weight is 492 g/mol. The number of amides is 4. The van der Waals surface area contributed by atoms with E-state index >= 15 is 0 Å². The van der Waals surface area contributed by atoms with Crippen molar-refractivity contribution in [1.82, 2.24) is 16.0 Å². The third-order valence-corrected chi connectivity index (χ3v) is 4.84. The normalized spacial score (nSPS) is 14.5. The molecule has 0 aromatic rings. The van der Waals surface area contributed by atoms with E-state index in [4.69, 9.17) is 16.6 Å². The highest BCUT2D eigenvalue weighted by Gasteiger charge is 2.31. The number of thiol groups is 1. The smallest absolute Gasteiger partial charge is 0.326 e. The number of carboxylic acid groups (broad SMARTS) is 2. The van der Waals surface area contributed by atoms with Crippen molar-refractivity contribution in [2.75, 3.05) is 5.75 Å². The Labute approximate surface area is 196 Å². The standard InChI is InChI=1S/C19H33N5O8S/c1-9(2)7-13(18(30)23-12(19(31)32)4-6-15(26)27)24-17(29)11(3-5-14(21)25)22-16(28)10(20)8-33/h9-13,33H,3-8,20H2,1-2H3,(H2,21,25)(H,22,28)(H,23,30)(H,24,29)(H,26,27)(H,31,32). The second kappa shape index (κ2) is 15.1. The molecule has 13 nitrogen and oxygen atoms in total. The lowest BCUT2D eigenvalue weighted by molar-refractivity contribution is -0.143. The van der Waals surface area contributed by atoms with Crippen molar-refractivity contribution in [2.24, 2.45) is 17.4 Å². The molecule has 0 bridgehead atoms. The number of carbonyl (C=O) groups excluding carboxylic acids is 4. The number of hydrogen-bond donors (Lipinski definition) is 8. The lowest BCUT2D eigenvalue weighted by atomic mass is 10.0. The van der Waals surface area contributed by atoms with E-state index in [1.54, 1.807) is 13.8 Å². The zero-order valence-corrected chi connectivity index (χ0v) is 19.5. The molecule has 0 spiro atoms. The van der Waals surface area contributed by atoms with Crippen molar-refractivity contribution in [3.63, 3.8) is 0 Å². The zero-order chi connectivity index (χ0) is 25.7. The van der Waals surface area contributed by atoms with Gasteiger partial charge in [-0.25, -0.2) is 4.79 Å². The van der Waals surface area contributed by atoms with E-state index in [-0.39, 0.29) is 37.4 Å². The summed E-state index contributed by atoms with van der Waals surface area (Å²) in [6.07, 6.45) is -1.09. The highest BCUT2D eigenvalue weighted by atomic mass is 32.1. The Hall–Kier alpha value is -2.87. The predicted molar refractivity (Wildman–Crippen MR) is 120 cm³/mol. The molecule has 0 radical (unpaired) electrons. The van der Waals surface area contributed by atoms with Gasteiger partial charge in [-0.05, 0) is 25.2 Å². The molecule has 4 amide bonds. The first kappa shape index (κ1) is 30.1. The van der Waals surface area contributed by atoms with Gasteiger partial charge in [-0.15, -0.1) is 0 Å². The van der Waals surface area contributed by atoms with Crippen LogP contribution in [0.4, 0.5) is 0 Å². The molecule has 0 aliphatic rings. The number of aliphatic carboxylic acids is 2. The predicted octanol–water partition coefficient (Wildman–Crippen LogP) is -2.04. The van der Waals surface area contributed by atoms with E-state index in [0.29, 0.717) is 0 Å². The third-order valence-electron chi connectivity index (χ3n) is 4.45. The molecule has 0 aromatic carbocycles. The molecule has 9 N–H and O–H groups in total. The first-order valence-corrected chi connectivity index (χ1v) is 10.9. The molecule has 33 heavy (non-hydrogen) atoms. The molecule has 4 unspecified atom stereocenters. The summed E-state index contributed by atoms with van der Waals surface area (Å²) in [5.41, 5.74) is 10.7. The fourth-order valence-corrected chi connectivity index (χ4v) is 2.86. The van der Waals surface area contributed by atoms with Crippen LogP contribution in [0.1, 0.15) is 46.0 Å². The Morgan fingerprint density at radius 3 is 1.76 bits per heavy atom. The van der Waals surface area contributed by atoms with Gasteiger partial charge in [-0.2, -0.15) is 12.6 Å². The summed E-state index contributed by atoms with van der Waals surface area (Å²) in [4.78, 5) is 70.9. The SMILES string of the molecule is CC(C)CC(NC(=O)C(CCC(N)=O)NC(=O)C(N)CS)C(=O)NC(CCC(=O)O)C(=O)O. The minimum atomic E-state index is -1.47. The Morgan fingerprint density at radius 2 is 1.30 bits per heavy atom. The van der Waals surface area contributed by atoms with Gasteiger partial charge in [0.05, 0.1) is 6.04 Å². The Balaban J connectivity index is 5.51. The van der Waals surface area contributed by atoms with E-state index in [1.165, 1.54) is 0 Å². The fourth-order valence-electron chi connectivity index (χ4n) is 2.69. The molecule has 4 atom stereocenters. The van der Waals surface area contributed by atoms with Gasteiger partial charge in [0.25, 0.3) is 0 Å². The second-order valence-corrected chi connectivity index (χ2v) is 8.24. The van der Waals surface area contributed by atoms with Crippen LogP contribution in [0.25, 0.3) is 0 Å². The van der Waals surface area contributed by atoms with Crippen LogP contribution in [0.5, 0.6) is 0 Å². The van der Waals surface area contributed by atoms with Gasteiger partial charge >= 0.3 is 11.9 Å². The molecule has 0 saturated heterocycles. The van der Waals surface area contributed by atoms with Gasteiger partial charge in [0, 0.05) is 18.6 Å². The first-order chi connectivity index (χ1) is 15.3. The quantitative estimate of drug-likeness (QED) is 0.111. The summed E-state index contributed by atoms with van der Waals surface area (Å²) in [5, 5.41) is 25.1. The maximum Gasteiger partial charge on any atom is 0.326 e. The third kappa shape index (κ3) is 12.7. The summed E-state index contributed by atoms with van der Waals surface area (Å²) in [5.74, 6) is -5.78. The highest BCUT2D eigenvalue weighted by Crippen LogP contribution is 2.08. The number of carbonyl (C=O) groups is 6. The minimum Gasteiger partial charge on any atom is -0.481 e. The van der Waals surface area contributed by atoms with Crippen LogP contribution >= 0.6 is 12.6 Å². The molecule has 0 rings (SSSR count). The van der Waals surface area contributed by atoms with E-state index in [9.17, 15) is 33.9 Å². The van der Waals surface area contributed by atoms with Gasteiger partial charge in [0.1, 0.15) is 18.1 Å². The van der Waals surface area contributed by atoms with Crippen LogP contribution in [0, 0.1) is 5.92 Å². The highest BCUT2D eigenvalue weighted by molar-refractivity contribution is 7.80. The lowest BCUT2D eigenvalue weighted by Gasteiger charge is -2.26. The zero-order valence-electron chi connectivity index (χ0n) is 18.6. The monoisotopic (exact) mass is 491 g/mol. The second-order valence-electron chi connectivity index (χ2n) is 7.88. The van der Waals surface area contributed by atoms with Crippen molar-refractivity contribution < 1.29 is 39.0 Å². The van der Waals surface area contributed by atoms with Gasteiger partial charge in [0.15, 0.2) is 0 Å². The van der Waals surface area contributed by atoms with E-state index < -0.39 is 66.2 Å². The minimum absolute atomic E-state index is 0.00128. The van der Waals surface area contributed by atoms with Gasteiger partial charge < -0.3 is 37.6 Å². The molecule has 0 aromatic heterocycles. The number of hydrogen-bond acceptors (Lipinski definition) is 8. The lowest BCUT2D eigenvalue weighted by Crippen LogP contribution is -2.57. The van der Waals surface area contributed by atoms with Crippen molar-refractivity contribution in [3.8, 4) is 0 Å². The number of primary amides is 1. The van der Waals surface area contributed by atoms with Crippen LogP contribution in [0.3, 0.4) is 0 Å². The summed E-state index contributed by atoms with van der Waals surface area (Å²) in [7, 11) is 0. The molecular weight excluding hydrogens is 458 g/mol. The molecule has 0 fully saturated rings. The molecule has 0 aliphatic heterocycles. The Morgan fingerprint density at radius 1 is 0.818 bits per heavy atom. The molecular formula is C19H33N5O8S. The fraction of sp³-hybridized carbons (Fsp3) is 0.684. The van der Waals surface area contributed by atoms with Crippen LogP contribution in [-0.4, -0.2) is 75.7 Å². The van der Waals surface area contributed by atoms with Crippen molar-refractivity contribution in [2.45, 2.75) is 70.1 Å². The van der Waals surface area contributed by atoms with Gasteiger partial charge in [-0.3, -0.25) is 24.0 Å². The summed E-state index contributed by atoms with van der Waals surface area (Å²) in [6.45, 7) is 3.53. The van der Waals surface area contributed by atoms with Gasteiger partial charge in [0.2, 0.25) is 23.6 Å². The maximum atomic E-state index is 12.8. The topological polar surface area (TPSA) is 231 Å². The van der Waals surface area contributed by atoms with Crippen LogP contribution < -0.4 is 27.4 Å². The van der Waals surface area contributed by atoms with Crippen LogP contribution in [-0.2, 0) is 28.8 Å². The number of rotatable bonds is 16. The first-order valence-electron chi connectivity index (χ1n) is 10.3. The van der Waals surface area contributed by atoms with Crippen LogP contribution in [0.15, 0.2) is 0 Å². The molecule has 14 heteroatoms. The summed E-state index contributed by atoms with van der Waals surface area (Å²) < 4.78 is 0. The van der Waals surface area contributed by atoms with Crippen molar-refractivity contribution >= 4 is 48.2 Å². The molecule has 0 heterocycles. The Bertz CT molecular complexity index is 733. The number of nitrogens with one attached hydrogen (secondary N) is 3. The van der Waals surface area contributed by atoms with Gasteiger partial charge in [-0.1, -0.05) is 13.8 Å². The number of nitrogens with two attached hydrogens (primary N) is 2. The largest absolute Gasteiger partial charge is 0.481 e. The molecule has 188 valence electrons. The molecule has 0 saturated carbocycles. The van der Waals surface area contributed by atoms with E-state index in [1.807, 2.05) is 0 Å². The van der Waals surface area contributed by atoms with Crippen molar-refractivity contribution in [1.29, 1.82) is 0 Å². The van der Waals surface area contributed by atoms with Crippen LogP contribution in [0.2, 0.25) is 0 Å². The summed E-state index contributed by atoms with van der Waals surface area (Å²) >= 11 is 3.91.